The zero-order chi connectivity index (χ0) is 14.5. The standard InChI is InChI=1S/C17H12ClNO/c1-12-5-2-3-8-16(12)17(20)14(11-19)9-13-6-4-7-15(18)10-13/h2-10H,1H3/b14-9+. The van der Waals surface area contributed by atoms with E-state index in [0.29, 0.717) is 10.6 Å². The van der Waals surface area contributed by atoms with Gasteiger partial charge in [0.2, 0.25) is 5.78 Å². The fraction of sp³-hybridized carbons (Fsp3) is 0.0588. The molecule has 0 aliphatic heterocycles. The molecular weight excluding hydrogens is 270 g/mol. The molecule has 0 aliphatic rings. The molecule has 98 valence electrons. The van der Waals surface area contributed by atoms with E-state index in [-0.39, 0.29) is 11.4 Å². The van der Waals surface area contributed by atoms with E-state index in [0.717, 1.165) is 11.1 Å². The van der Waals surface area contributed by atoms with Gasteiger partial charge in [-0.3, -0.25) is 4.79 Å². The average Bonchev–Trinajstić information content (AvgIpc) is 2.44. The molecule has 3 heteroatoms. The van der Waals surface area contributed by atoms with Crippen LogP contribution in [0.4, 0.5) is 0 Å². The Bertz CT molecular complexity index is 726. The molecule has 0 atom stereocenters. The predicted molar refractivity (Wildman–Crippen MR) is 80.6 cm³/mol. The van der Waals surface area contributed by atoms with Gasteiger partial charge in [-0.15, -0.1) is 0 Å². The Kier molecular flexibility index (Phi) is 4.34. The van der Waals surface area contributed by atoms with E-state index < -0.39 is 0 Å². The van der Waals surface area contributed by atoms with Crippen LogP contribution in [0.2, 0.25) is 5.02 Å². The maximum Gasteiger partial charge on any atom is 0.203 e. The topological polar surface area (TPSA) is 40.9 Å². The first-order chi connectivity index (χ1) is 9.61. The molecule has 0 N–H and O–H groups in total. The molecular formula is C17H12ClNO. The van der Waals surface area contributed by atoms with Crippen molar-refractivity contribution in [2.45, 2.75) is 6.92 Å². The minimum Gasteiger partial charge on any atom is -0.288 e. The number of benzene rings is 2. The van der Waals surface area contributed by atoms with Crippen LogP contribution in [0.25, 0.3) is 6.08 Å². The third kappa shape index (κ3) is 3.14. The Morgan fingerprint density at radius 1 is 1.20 bits per heavy atom. The number of aryl methyl sites for hydroxylation is 1. The SMILES string of the molecule is Cc1ccccc1C(=O)/C(C#N)=C/c1cccc(Cl)c1. The minimum absolute atomic E-state index is 0.0987. The summed E-state index contributed by atoms with van der Waals surface area (Å²) < 4.78 is 0. The second-order valence-corrected chi connectivity index (χ2v) is 4.81. The highest BCUT2D eigenvalue weighted by molar-refractivity contribution is 6.30. The maximum absolute atomic E-state index is 12.4. The van der Waals surface area contributed by atoms with Crippen molar-refractivity contribution in [1.82, 2.24) is 0 Å². The van der Waals surface area contributed by atoms with Crippen molar-refractivity contribution in [3.63, 3.8) is 0 Å². The van der Waals surface area contributed by atoms with Crippen LogP contribution in [0.5, 0.6) is 0 Å². The number of halogens is 1. The first-order valence-corrected chi connectivity index (χ1v) is 6.47. The van der Waals surface area contributed by atoms with E-state index in [4.69, 9.17) is 11.6 Å². The number of nitrogens with zero attached hydrogens (tertiary/aromatic N) is 1. The van der Waals surface area contributed by atoms with Gasteiger partial charge in [-0.05, 0) is 36.3 Å². The molecule has 0 radical (unpaired) electrons. The van der Waals surface area contributed by atoms with Gasteiger partial charge in [0.15, 0.2) is 0 Å². The van der Waals surface area contributed by atoms with E-state index in [2.05, 4.69) is 0 Å². The number of carbonyl (C=O) groups excluding carboxylic acids is 1. The van der Waals surface area contributed by atoms with E-state index >= 15 is 0 Å². The Hall–Kier alpha value is -2.37. The van der Waals surface area contributed by atoms with E-state index in [9.17, 15) is 10.1 Å². The summed E-state index contributed by atoms with van der Waals surface area (Å²) in [6.07, 6.45) is 1.56. The summed E-state index contributed by atoms with van der Waals surface area (Å²) >= 11 is 5.90. The first-order valence-electron chi connectivity index (χ1n) is 6.09. The van der Waals surface area contributed by atoms with Crippen molar-refractivity contribution in [3.05, 3.63) is 75.8 Å². The third-order valence-electron chi connectivity index (χ3n) is 2.91. The molecule has 2 nitrogen and oxygen atoms in total. The number of allylic oxidation sites excluding steroid dienone is 1. The molecule has 0 aliphatic carbocycles. The van der Waals surface area contributed by atoms with Crippen LogP contribution in [0.3, 0.4) is 0 Å². The van der Waals surface area contributed by atoms with Crippen LogP contribution in [-0.2, 0) is 0 Å². The summed E-state index contributed by atoms with van der Waals surface area (Å²) in [6, 6.07) is 16.2. The van der Waals surface area contributed by atoms with Crippen molar-refractivity contribution < 1.29 is 4.79 Å². The first kappa shape index (κ1) is 14.0. The van der Waals surface area contributed by atoms with Gasteiger partial charge in [0.25, 0.3) is 0 Å². The quantitative estimate of drug-likeness (QED) is 0.474. The van der Waals surface area contributed by atoms with Crippen molar-refractivity contribution in [2.75, 3.05) is 0 Å². The average molecular weight is 282 g/mol. The lowest BCUT2D eigenvalue weighted by atomic mass is 9.98. The van der Waals surface area contributed by atoms with Gasteiger partial charge >= 0.3 is 0 Å². The second kappa shape index (κ2) is 6.18. The van der Waals surface area contributed by atoms with Crippen LogP contribution < -0.4 is 0 Å². The van der Waals surface area contributed by atoms with Crippen molar-refractivity contribution in [1.29, 1.82) is 5.26 Å². The Labute approximate surface area is 122 Å². The lowest BCUT2D eigenvalue weighted by Crippen LogP contribution is -2.04. The van der Waals surface area contributed by atoms with Gasteiger partial charge in [-0.2, -0.15) is 5.26 Å². The van der Waals surface area contributed by atoms with Crippen LogP contribution in [0.1, 0.15) is 21.5 Å². The van der Waals surface area contributed by atoms with Gasteiger partial charge < -0.3 is 0 Å². The van der Waals surface area contributed by atoms with Crippen molar-refractivity contribution in [2.24, 2.45) is 0 Å². The lowest BCUT2D eigenvalue weighted by Gasteiger charge is -2.03. The van der Waals surface area contributed by atoms with Crippen LogP contribution >= 0.6 is 11.6 Å². The molecule has 0 amide bonds. The fourth-order valence-electron chi connectivity index (χ4n) is 1.88. The zero-order valence-electron chi connectivity index (χ0n) is 10.9. The molecule has 2 aromatic carbocycles. The number of Topliss-reactive ketones (excluding diaryl/α,β-unsaturated/α-hetero) is 1. The number of hydrogen-bond acceptors (Lipinski definition) is 2. The summed E-state index contributed by atoms with van der Waals surface area (Å²) in [7, 11) is 0. The second-order valence-electron chi connectivity index (χ2n) is 4.37. The summed E-state index contributed by atoms with van der Waals surface area (Å²) in [5.41, 5.74) is 2.23. The molecule has 0 spiro atoms. The van der Waals surface area contributed by atoms with Gasteiger partial charge in [0.05, 0.1) is 0 Å². The summed E-state index contributed by atoms with van der Waals surface area (Å²) in [5.74, 6) is -0.273. The molecule has 2 rings (SSSR count). The number of nitriles is 1. The number of rotatable bonds is 3. The molecule has 20 heavy (non-hydrogen) atoms. The zero-order valence-corrected chi connectivity index (χ0v) is 11.7. The Morgan fingerprint density at radius 2 is 1.95 bits per heavy atom. The molecule has 0 saturated heterocycles. The molecule has 0 saturated carbocycles. The predicted octanol–water partition coefficient (Wildman–Crippen LogP) is 4.44. The van der Waals surface area contributed by atoms with Gasteiger partial charge in [0, 0.05) is 10.6 Å². The van der Waals surface area contributed by atoms with E-state index in [1.54, 1.807) is 42.5 Å². The number of carbonyl (C=O) groups is 1. The van der Waals surface area contributed by atoms with Crippen molar-refractivity contribution >= 4 is 23.5 Å². The largest absolute Gasteiger partial charge is 0.288 e. The molecule has 0 bridgehead atoms. The normalized spacial score (nSPS) is 10.9. The number of ketones is 1. The smallest absolute Gasteiger partial charge is 0.203 e. The highest BCUT2D eigenvalue weighted by Gasteiger charge is 2.13. The molecule has 0 fully saturated rings. The monoisotopic (exact) mass is 281 g/mol. The summed E-state index contributed by atoms with van der Waals surface area (Å²) in [5, 5.41) is 9.78. The summed E-state index contributed by atoms with van der Waals surface area (Å²) in [4.78, 5) is 12.4. The minimum atomic E-state index is -0.273. The van der Waals surface area contributed by atoms with Crippen LogP contribution in [0, 0.1) is 18.3 Å². The van der Waals surface area contributed by atoms with E-state index in [1.165, 1.54) is 0 Å². The highest BCUT2D eigenvalue weighted by atomic mass is 35.5. The lowest BCUT2D eigenvalue weighted by molar-refractivity contribution is 0.103. The number of hydrogen-bond donors (Lipinski definition) is 0. The molecule has 0 unspecified atom stereocenters. The van der Waals surface area contributed by atoms with Crippen LogP contribution in [0.15, 0.2) is 54.1 Å². The summed E-state index contributed by atoms with van der Waals surface area (Å²) in [6.45, 7) is 1.85. The van der Waals surface area contributed by atoms with Crippen LogP contribution in [-0.4, -0.2) is 5.78 Å². The Morgan fingerprint density at radius 3 is 2.60 bits per heavy atom. The van der Waals surface area contributed by atoms with Crippen molar-refractivity contribution in [3.8, 4) is 6.07 Å². The molecule has 0 aromatic heterocycles. The molecule has 2 aromatic rings. The van der Waals surface area contributed by atoms with Gasteiger partial charge in [0.1, 0.15) is 11.6 Å². The van der Waals surface area contributed by atoms with Gasteiger partial charge in [-0.25, -0.2) is 0 Å². The third-order valence-corrected chi connectivity index (χ3v) is 3.15. The molecule has 0 heterocycles. The highest BCUT2D eigenvalue weighted by Crippen LogP contribution is 2.17. The maximum atomic E-state index is 12.4. The van der Waals surface area contributed by atoms with Gasteiger partial charge in [-0.1, -0.05) is 48.0 Å². The fourth-order valence-corrected chi connectivity index (χ4v) is 2.08. The van der Waals surface area contributed by atoms with E-state index in [1.807, 2.05) is 25.1 Å². The Balaban J connectivity index is 2.41.